The fraction of sp³-hybridized carbons (Fsp3) is 0.538. The maximum absolute atomic E-state index is 5.77. The molecule has 1 aromatic rings. The fourth-order valence-corrected chi connectivity index (χ4v) is 1.56. The van der Waals surface area contributed by atoms with Gasteiger partial charge in [0.2, 0.25) is 0 Å². The SMILES string of the molecule is CCCCOc1c(CCN)cccc1OC. The molecule has 0 spiro atoms. The summed E-state index contributed by atoms with van der Waals surface area (Å²) in [5.41, 5.74) is 6.70. The van der Waals surface area contributed by atoms with E-state index in [0.29, 0.717) is 6.54 Å². The Bertz CT molecular complexity index is 313. The van der Waals surface area contributed by atoms with Crippen molar-refractivity contribution < 1.29 is 9.47 Å². The molecule has 0 unspecified atom stereocenters. The van der Waals surface area contributed by atoms with Crippen molar-refractivity contribution >= 4 is 0 Å². The number of para-hydroxylation sites is 1. The molecule has 3 nitrogen and oxygen atoms in total. The molecule has 3 heteroatoms. The van der Waals surface area contributed by atoms with Gasteiger partial charge in [-0.25, -0.2) is 0 Å². The van der Waals surface area contributed by atoms with E-state index >= 15 is 0 Å². The summed E-state index contributed by atoms with van der Waals surface area (Å²) in [5, 5.41) is 0. The van der Waals surface area contributed by atoms with Crippen LogP contribution in [0, 0.1) is 0 Å². The Kier molecular flexibility index (Phi) is 5.72. The Morgan fingerprint density at radius 3 is 2.75 bits per heavy atom. The quantitative estimate of drug-likeness (QED) is 0.722. The molecule has 0 amide bonds. The number of methoxy groups -OCH3 is 1. The van der Waals surface area contributed by atoms with Gasteiger partial charge in [-0.15, -0.1) is 0 Å². The number of unbranched alkanes of at least 4 members (excludes halogenated alkanes) is 1. The van der Waals surface area contributed by atoms with E-state index in [9.17, 15) is 0 Å². The minimum atomic E-state index is 0.622. The van der Waals surface area contributed by atoms with E-state index in [-0.39, 0.29) is 0 Å². The van der Waals surface area contributed by atoms with Crippen molar-refractivity contribution in [1.29, 1.82) is 0 Å². The number of nitrogens with two attached hydrogens (primary N) is 1. The summed E-state index contributed by atoms with van der Waals surface area (Å²) in [5.74, 6) is 1.64. The molecule has 0 atom stereocenters. The molecule has 16 heavy (non-hydrogen) atoms. The summed E-state index contributed by atoms with van der Waals surface area (Å²) >= 11 is 0. The summed E-state index contributed by atoms with van der Waals surface area (Å²) in [6.45, 7) is 3.50. The molecule has 0 aliphatic heterocycles. The van der Waals surface area contributed by atoms with Crippen LogP contribution in [0.2, 0.25) is 0 Å². The van der Waals surface area contributed by atoms with Crippen LogP contribution in [0.25, 0.3) is 0 Å². The highest BCUT2D eigenvalue weighted by molar-refractivity contribution is 5.46. The van der Waals surface area contributed by atoms with Gasteiger partial charge >= 0.3 is 0 Å². The van der Waals surface area contributed by atoms with Crippen LogP contribution in [0.15, 0.2) is 18.2 Å². The average molecular weight is 223 g/mol. The zero-order valence-corrected chi connectivity index (χ0v) is 10.2. The highest BCUT2D eigenvalue weighted by atomic mass is 16.5. The number of rotatable bonds is 7. The normalized spacial score (nSPS) is 10.2. The Balaban J connectivity index is 2.81. The van der Waals surface area contributed by atoms with Crippen LogP contribution < -0.4 is 15.2 Å². The molecule has 0 bridgehead atoms. The number of ether oxygens (including phenoxy) is 2. The van der Waals surface area contributed by atoms with Crippen LogP contribution in [0.4, 0.5) is 0 Å². The first-order chi connectivity index (χ1) is 7.83. The minimum Gasteiger partial charge on any atom is -0.493 e. The van der Waals surface area contributed by atoms with Gasteiger partial charge in [-0.3, -0.25) is 0 Å². The monoisotopic (exact) mass is 223 g/mol. The van der Waals surface area contributed by atoms with Crippen molar-refractivity contribution in [3.8, 4) is 11.5 Å². The van der Waals surface area contributed by atoms with Gasteiger partial charge in [-0.2, -0.15) is 0 Å². The number of hydrogen-bond acceptors (Lipinski definition) is 3. The lowest BCUT2D eigenvalue weighted by atomic mass is 10.1. The van der Waals surface area contributed by atoms with E-state index in [0.717, 1.165) is 42.9 Å². The predicted molar refractivity (Wildman–Crippen MR) is 66.2 cm³/mol. The Morgan fingerprint density at radius 1 is 1.31 bits per heavy atom. The van der Waals surface area contributed by atoms with E-state index in [1.54, 1.807) is 7.11 Å². The maximum atomic E-state index is 5.77. The van der Waals surface area contributed by atoms with Gasteiger partial charge < -0.3 is 15.2 Å². The molecule has 0 heterocycles. The molecular formula is C13H21NO2. The lowest BCUT2D eigenvalue weighted by molar-refractivity contribution is 0.285. The van der Waals surface area contributed by atoms with Gasteiger partial charge in [-0.05, 0) is 31.0 Å². The molecule has 1 rings (SSSR count). The van der Waals surface area contributed by atoms with Crippen molar-refractivity contribution in [3.63, 3.8) is 0 Å². The van der Waals surface area contributed by atoms with E-state index in [2.05, 4.69) is 6.92 Å². The lowest BCUT2D eigenvalue weighted by Gasteiger charge is -2.14. The second kappa shape index (κ2) is 7.12. The molecule has 0 aliphatic carbocycles. The molecule has 0 saturated heterocycles. The zero-order chi connectivity index (χ0) is 11.8. The third kappa shape index (κ3) is 3.42. The van der Waals surface area contributed by atoms with E-state index in [4.69, 9.17) is 15.2 Å². The number of benzene rings is 1. The third-order valence-electron chi connectivity index (χ3n) is 2.44. The van der Waals surface area contributed by atoms with Gasteiger partial charge in [0.05, 0.1) is 13.7 Å². The largest absolute Gasteiger partial charge is 0.493 e. The van der Waals surface area contributed by atoms with Crippen LogP contribution in [0.5, 0.6) is 11.5 Å². The summed E-state index contributed by atoms with van der Waals surface area (Å²) < 4.78 is 11.1. The molecule has 0 saturated carbocycles. The molecule has 0 radical (unpaired) electrons. The van der Waals surface area contributed by atoms with Gasteiger partial charge in [0, 0.05) is 0 Å². The van der Waals surface area contributed by atoms with Crippen molar-refractivity contribution in [3.05, 3.63) is 23.8 Å². The first-order valence-corrected chi connectivity index (χ1v) is 5.82. The van der Waals surface area contributed by atoms with Crippen molar-refractivity contribution in [2.75, 3.05) is 20.3 Å². The summed E-state index contributed by atoms with van der Waals surface area (Å²) in [6, 6.07) is 5.93. The minimum absolute atomic E-state index is 0.622. The topological polar surface area (TPSA) is 44.5 Å². The zero-order valence-electron chi connectivity index (χ0n) is 10.2. The van der Waals surface area contributed by atoms with Crippen LogP contribution in [-0.4, -0.2) is 20.3 Å². The summed E-state index contributed by atoms with van der Waals surface area (Å²) in [7, 11) is 1.66. The molecular weight excluding hydrogens is 202 g/mol. The second-order valence-corrected chi connectivity index (χ2v) is 3.69. The standard InChI is InChI=1S/C13H21NO2/c1-3-4-10-16-13-11(8-9-14)6-5-7-12(13)15-2/h5-7H,3-4,8-10,14H2,1-2H3. The van der Waals surface area contributed by atoms with E-state index < -0.39 is 0 Å². The van der Waals surface area contributed by atoms with Crippen molar-refractivity contribution in [2.24, 2.45) is 5.73 Å². The van der Waals surface area contributed by atoms with Crippen LogP contribution in [0.3, 0.4) is 0 Å². The molecule has 1 aromatic carbocycles. The lowest BCUT2D eigenvalue weighted by Crippen LogP contribution is -2.07. The summed E-state index contributed by atoms with van der Waals surface area (Å²) in [6.07, 6.45) is 3.00. The first-order valence-electron chi connectivity index (χ1n) is 5.82. The van der Waals surface area contributed by atoms with Gasteiger partial charge in [0.25, 0.3) is 0 Å². The molecule has 0 aliphatic rings. The molecule has 90 valence electrons. The third-order valence-corrected chi connectivity index (χ3v) is 2.44. The number of hydrogen-bond donors (Lipinski definition) is 1. The highest BCUT2D eigenvalue weighted by Gasteiger charge is 2.09. The molecule has 0 fully saturated rings. The average Bonchev–Trinajstić information content (AvgIpc) is 2.31. The van der Waals surface area contributed by atoms with Crippen LogP contribution >= 0.6 is 0 Å². The van der Waals surface area contributed by atoms with Gasteiger partial charge in [0.1, 0.15) is 0 Å². The first kappa shape index (κ1) is 12.8. The molecule has 0 aromatic heterocycles. The van der Waals surface area contributed by atoms with Gasteiger partial charge in [0.15, 0.2) is 11.5 Å². The van der Waals surface area contributed by atoms with Gasteiger partial charge in [-0.1, -0.05) is 25.5 Å². The van der Waals surface area contributed by atoms with Crippen molar-refractivity contribution in [2.45, 2.75) is 26.2 Å². The predicted octanol–water partition coefficient (Wildman–Crippen LogP) is 2.38. The Labute approximate surface area is 97.6 Å². The smallest absolute Gasteiger partial charge is 0.164 e. The van der Waals surface area contributed by atoms with E-state index in [1.807, 2.05) is 18.2 Å². The van der Waals surface area contributed by atoms with Crippen LogP contribution in [-0.2, 0) is 6.42 Å². The maximum Gasteiger partial charge on any atom is 0.164 e. The second-order valence-electron chi connectivity index (χ2n) is 3.69. The Morgan fingerprint density at radius 2 is 2.12 bits per heavy atom. The highest BCUT2D eigenvalue weighted by Crippen LogP contribution is 2.31. The van der Waals surface area contributed by atoms with Crippen LogP contribution in [0.1, 0.15) is 25.3 Å². The Hall–Kier alpha value is -1.22. The summed E-state index contributed by atoms with van der Waals surface area (Å²) in [4.78, 5) is 0. The fourth-order valence-electron chi connectivity index (χ4n) is 1.56. The molecule has 2 N–H and O–H groups in total. The van der Waals surface area contributed by atoms with Crippen molar-refractivity contribution in [1.82, 2.24) is 0 Å². The van der Waals surface area contributed by atoms with E-state index in [1.165, 1.54) is 0 Å².